The Hall–Kier alpha value is -1.82. The van der Waals surface area contributed by atoms with Gasteiger partial charge in [-0.1, -0.05) is 25.1 Å². The molecule has 0 heterocycles. The van der Waals surface area contributed by atoms with Crippen molar-refractivity contribution in [1.29, 1.82) is 5.26 Å². The number of carbonyl (C=O) groups excluding carboxylic acids is 1. The maximum atomic E-state index is 11.7. The Morgan fingerprint density at radius 3 is 2.65 bits per heavy atom. The number of nitriles is 1. The molecule has 3 heteroatoms. The molecule has 0 fully saturated rings. The van der Waals surface area contributed by atoms with Gasteiger partial charge in [0.2, 0.25) is 5.91 Å². The van der Waals surface area contributed by atoms with Gasteiger partial charge in [-0.25, -0.2) is 0 Å². The number of hydrogen-bond donors (Lipinski definition) is 1. The van der Waals surface area contributed by atoms with Crippen LogP contribution in [0.1, 0.15) is 30.0 Å². The minimum atomic E-state index is -0.381. The van der Waals surface area contributed by atoms with Crippen LogP contribution in [-0.2, 0) is 11.2 Å². The second-order valence-electron chi connectivity index (χ2n) is 4.25. The molecule has 1 N–H and O–H groups in total. The molecule has 17 heavy (non-hydrogen) atoms. The van der Waals surface area contributed by atoms with Crippen molar-refractivity contribution < 1.29 is 4.79 Å². The molecule has 0 spiro atoms. The summed E-state index contributed by atoms with van der Waals surface area (Å²) in [5, 5.41) is 11.5. The number of amides is 1. The summed E-state index contributed by atoms with van der Waals surface area (Å²) in [5.41, 5.74) is 3.39. The monoisotopic (exact) mass is 230 g/mol. The number of rotatable bonds is 4. The van der Waals surface area contributed by atoms with E-state index in [1.807, 2.05) is 39.0 Å². The molecule has 3 nitrogen and oxygen atoms in total. The highest BCUT2D eigenvalue weighted by molar-refractivity contribution is 5.79. The Morgan fingerprint density at radius 2 is 2.12 bits per heavy atom. The van der Waals surface area contributed by atoms with Crippen LogP contribution in [0, 0.1) is 25.2 Å². The first-order valence-electron chi connectivity index (χ1n) is 5.82. The Labute approximate surface area is 102 Å². The van der Waals surface area contributed by atoms with E-state index in [1.54, 1.807) is 0 Å². The van der Waals surface area contributed by atoms with Gasteiger partial charge in [0.25, 0.3) is 0 Å². The first-order chi connectivity index (χ1) is 8.06. The third-order valence-corrected chi connectivity index (χ3v) is 2.84. The Balaban J connectivity index is 2.62. The van der Waals surface area contributed by atoms with Crippen molar-refractivity contribution in [2.75, 3.05) is 0 Å². The highest BCUT2D eigenvalue weighted by Crippen LogP contribution is 2.10. The predicted octanol–water partition coefficient (Wildman–Crippen LogP) is 2.26. The van der Waals surface area contributed by atoms with Crippen molar-refractivity contribution in [1.82, 2.24) is 5.32 Å². The van der Waals surface area contributed by atoms with Gasteiger partial charge in [0, 0.05) is 0 Å². The fourth-order valence-electron chi connectivity index (χ4n) is 1.57. The lowest BCUT2D eigenvalue weighted by Crippen LogP contribution is -2.34. The molecule has 0 saturated carbocycles. The van der Waals surface area contributed by atoms with E-state index in [2.05, 4.69) is 11.4 Å². The fourth-order valence-corrected chi connectivity index (χ4v) is 1.57. The number of carbonyl (C=O) groups is 1. The molecule has 0 aliphatic carbocycles. The topological polar surface area (TPSA) is 52.9 Å². The summed E-state index contributed by atoms with van der Waals surface area (Å²) in [6.45, 7) is 5.95. The molecule has 1 rings (SSSR count). The van der Waals surface area contributed by atoms with Gasteiger partial charge in [-0.05, 0) is 37.0 Å². The molecule has 1 atom stereocenters. The van der Waals surface area contributed by atoms with Crippen molar-refractivity contribution in [3.8, 4) is 6.07 Å². The largest absolute Gasteiger partial charge is 0.340 e. The van der Waals surface area contributed by atoms with E-state index in [1.165, 1.54) is 11.1 Å². The van der Waals surface area contributed by atoms with Gasteiger partial charge in [-0.2, -0.15) is 5.26 Å². The van der Waals surface area contributed by atoms with Crippen molar-refractivity contribution >= 4 is 5.91 Å². The van der Waals surface area contributed by atoms with Crippen LogP contribution in [0.3, 0.4) is 0 Å². The summed E-state index contributed by atoms with van der Waals surface area (Å²) in [5.74, 6) is -0.0957. The zero-order chi connectivity index (χ0) is 12.8. The average molecular weight is 230 g/mol. The van der Waals surface area contributed by atoms with Gasteiger partial charge >= 0.3 is 0 Å². The smallest absolute Gasteiger partial charge is 0.225 e. The lowest BCUT2D eigenvalue weighted by molar-refractivity contribution is -0.120. The molecular weight excluding hydrogens is 212 g/mol. The summed E-state index contributed by atoms with van der Waals surface area (Å²) < 4.78 is 0. The zero-order valence-electron chi connectivity index (χ0n) is 10.6. The van der Waals surface area contributed by atoms with Gasteiger partial charge in [-0.3, -0.25) is 4.79 Å². The number of nitrogens with one attached hydrogen (secondary N) is 1. The van der Waals surface area contributed by atoms with Crippen molar-refractivity contribution in [2.45, 2.75) is 39.7 Å². The summed E-state index contributed by atoms with van der Waals surface area (Å²) >= 11 is 0. The molecular formula is C14H18N2O. The molecule has 1 aromatic rings. The Bertz CT molecular complexity index is 446. The predicted molar refractivity (Wildman–Crippen MR) is 67.5 cm³/mol. The molecule has 0 saturated heterocycles. The number of hydrogen-bond acceptors (Lipinski definition) is 2. The normalized spacial score (nSPS) is 11.6. The van der Waals surface area contributed by atoms with Crippen LogP contribution >= 0.6 is 0 Å². The van der Waals surface area contributed by atoms with Crippen LogP contribution < -0.4 is 5.32 Å². The van der Waals surface area contributed by atoms with Crippen molar-refractivity contribution in [2.24, 2.45) is 0 Å². The lowest BCUT2D eigenvalue weighted by Gasteiger charge is -2.10. The van der Waals surface area contributed by atoms with E-state index in [9.17, 15) is 4.79 Å². The molecule has 90 valence electrons. The van der Waals surface area contributed by atoms with E-state index in [0.29, 0.717) is 12.8 Å². The molecule has 0 radical (unpaired) electrons. The van der Waals surface area contributed by atoms with E-state index in [4.69, 9.17) is 5.26 Å². The van der Waals surface area contributed by atoms with Gasteiger partial charge in [0.1, 0.15) is 6.04 Å². The molecule has 1 unspecified atom stereocenters. The summed E-state index contributed by atoms with van der Waals surface area (Å²) in [6.07, 6.45) is 0.967. The van der Waals surface area contributed by atoms with E-state index in [0.717, 1.165) is 5.56 Å². The van der Waals surface area contributed by atoms with E-state index >= 15 is 0 Å². The van der Waals surface area contributed by atoms with Crippen LogP contribution in [0.2, 0.25) is 0 Å². The third-order valence-electron chi connectivity index (χ3n) is 2.84. The number of nitrogens with zero attached hydrogens (tertiary/aromatic N) is 1. The second-order valence-corrected chi connectivity index (χ2v) is 4.25. The summed E-state index contributed by atoms with van der Waals surface area (Å²) in [4.78, 5) is 11.7. The molecule has 0 bridgehead atoms. The van der Waals surface area contributed by atoms with Crippen LogP contribution in [0.4, 0.5) is 0 Å². The summed E-state index contributed by atoms with van der Waals surface area (Å²) in [6, 6.07) is 7.66. The van der Waals surface area contributed by atoms with Crippen LogP contribution in [0.15, 0.2) is 18.2 Å². The van der Waals surface area contributed by atoms with Crippen LogP contribution in [0.5, 0.6) is 0 Å². The average Bonchev–Trinajstić information content (AvgIpc) is 2.31. The van der Waals surface area contributed by atoms with Gasteiger partial charge in [0.15, 0.2) is 0 Å². The first kappa shape index (κ1) is 13.2. The fraction of sp³-hybridized carbons (Fsp3) is 0.429. The molecule has 0 aliphatic rings. The minimum absolute atomic E-state index is 0.0957. The first-order valence-corrected chi connectivity index (χ1v) is 5.82. The van der Waals surface area contributed by atoms with Gasteiger partial charge in [0.05, 0.1) is 12.5 Å². The maximum absolute atomic E-state index is 11.7. The van der Waals surface area contributed by atoms with Crippen molar-refractivity contribution in [3.05, 3.63) is 34.9 Å². The Morgan fingerprint density at radius 1 is 1.41 bits per heavy atom. The SMILES string of the molecule is CCC(C#N)NC(=O)Cc1ccc(C)c(C)c1. The number of aryl methyl sites for hydroxylation is 2. The lowest BCUT2D eigenvalue weighted by atomic mass is 10.0. The Kier molecular flexibility index (Phi) is 4.71. The standard InChI is InChI=1S/C14H18N2O/c1-4-13(9-15)16-14(17)8-12-6-5-10(2)11(3)7-12/h5-7,13H,4,8H2,1-3H3,(H,16,17). The number of benzene rings is 1. The van der Waals surface area contributed by atoms with Gasteiger partial charge in [-0.15, -0.1) is 0 Å². The molecule has 0 aromatic heterocycles. The van der Waals surface area contributed by atoms with E-state index in [-0.39, 0.29) is 11.9 Å². The second kappa shape index (κ2) is 6.05. The molecule has 1 aromatic carbocycles. The summed E-state index contributed by atoms with van der Waals surface area (Å²) in [7, 11) is 0. The highest BCUT2D eigenvalue weighted by atomic mass is 16.1. The third kappa shape index (κ3) is 3.92. The minimum Gasteiger partial charge on any atom is -0.340 e. The van der Waals surface area contributed by atoms with Crippen LogP contribution in [0.25, 0.3) is 0 Å². The van der Waals surface area contributed by atoms with Crippen molar-refractivity contribution in [3.63, 3.8) is 0 Å². The molecule has 1 amide bonds. The molecule has 0 aliphatic heterocycles. The quantitative estimate of drug-likeness (QED) is 0.862. The zero-order valence-corrected chi connectivity index (χ0v) is 10.6. The highest BCUT2D eigenvalue weighted by Gasteiger charge is 2.09. The van der Waals surface area contributed by atoms with E-state index < -0.39 is 0 Å². The van der Waals surface area contributed by atoms with Crippen LogP contribution in [-0.4, -0.2) is 11.9 Å². The van der Waals surface area contributed by atoms with Gasteiger partial charge < -0.3 is 5.32 Å². The maximum Gasteiger partial charge on any atom is 0.225 e.